The van der Waals surface area contributed by atoms with Gasteiger partial charge in [-0.15, -0.1) is 0 Å². The molecule has 0 aromatic heterocycles. The summed E-state index contributed by atoms with van der Waals surface area (Å²) in [6.07, 6.45) is -5.19. The summed E-state index contributed by atoms with van der Waals surface area (Å²) in [5.41, 5.74) is -1.76. The highest BCUT2D eigenvalue weighted by molar-refractivity contribution is 7.92. The van der Waals surface area contributed by atoms with Crippen molar-refractivity contribution < 1.29 is 45.0 Å². The molecule has 4 rings (SSSR count). The highest BCUT2D eigenvalue weighted by Crippen LogP contribution is 2.42. The molecular weight excluding hydrogens is 581 g/mol. The van der Waals surface area contributed by atoms with Gasteiger partial charge >= 0.3 is 12.1 Å². The number of halogens is 6. The second-order valence-electron chi connectivity index (χ2n) is 8.97. The lowest BCUT2D eigenvalue weighted by molar-refractivity contribution is -0.138. The van der Waals surface area contributed by atoms with Gasteiger partial charge in [-0.05, 0) is 67.5 Å². The van der Waals surface area contributed by atoms with E-state index < -0.39 is 69.0 Å². The Morgan fingerprint density at radius 1 is 1.15 bits per heavy atom. The van der Waals surface area contributed by atoms with E-state index in [0.29, 0.717) is 16.4 Å². The van der Waals surface area contributed by atoms with Gasteiger partial charge in [0.15, 0.2) is 5.82 Å². The number of allylic oxidation sites excluding steroid dienone is 1. The topological polar surface area (TPSA) is 83.9 Å². The van der Waals surface area contributed by atoms with Gasteiger partial charge in [0.1, 0.15) is 23.4 Å². The molecule has 40 heavy (non-hydrogen) atoms. The first-order chi connectivity index (χ1) is 18.7. The number of ether oxygens (including phenoxy) is 1. The molecule has 212 valence electrons. The maximum Gasteiger partial charge on any atom is 0.416 e. The standard InChI is InChI=1S/C27H21ClF5NO5S/c1-15(24-20(28)6-3-7-21(24)29)12-16-8-10-22-26(25(16)30)34(14-18(39-22)9-11-23(35)36)40(37,38)19-5-2-4-17(13-19)27(31,32)33/h2-8,10,12-13,18H,9,11,14H2,1H3,(H,35,36)/b15-12+/t18-/m0/s1. The van der Waals surface area contributed by atoms with E-state index in [-0.39, 0.29) is 33.9 Å². The summed E-state index contributed by atoms with van der Waals surface area (Å²) >= 11 is 6.11. The zero-order valence-corrected chi connectivity index (χ0v) is 22.2. The lowest BCUT2D eigenvalue weighted by Crippen LogP contribution is -2.44. The molecule has 0 amide bonds. The monoisotopic (exact) mass is 601 g/mol. The number of fused-ring (bicyclic) bond motifs is 1. The molecule has 1 aliphatic rings. The van der Waals surface area contributed by atoms with Gasteiger partial charge in [-0.2, -0.15) is 13.2 Å². The third kappa shape index (κ3) is 5.92. The van der Waals surface area contributed by atoms with Crippen LogP contribution in [0, 0.1) is 11.6 Å². The zero-order valence-electron chi connectivity index (χ0n) is 20.7. The molecular formula is C27H21ClF5NO5S. The third-order valence-corrected chi connectivity index (χ3v) is 8.26. The number of carbonyl (C=O) groups is 1. The lowest BCUT2D eigenvalue weighted by Gasteiger charge is -2.36. The molecule has 0 aliphatic carbocycles. The van der Waals surface area contributed by atoms with Crippen molar-refractivity contribution in [3.8, 4) is 5.75 Å². The summed E-state index contributed by atoms with van der Waals surface area (Å²) in [6.45, 7) is 0.903. The van der Waals surface area contributed by atoms with E-state index in [1.165, 1.54) is 37.3 Å². The number of hydrogen-bond acceptors (Lipinski definition) is 4. The van der Waals surface area contributed by atoms with Gasteiger partial charge in [0.05, 0.1) is 22.0 Å². The third-order valence-electron chi connectivity index (χ3n) is 6.18. The highest BCUT2D eigenvalue weighted by atomic mass is 35.5. The number of hydrogen-bond donors (Lipinski definition) is 1. The van der Waals surface area contributed by atoms with Crippen LogP contribution >= 0.6 is 11.6 Å². The minimum absolute atomic E-state index is 0.000264. The molecule has 1 heterocycles. The molecule has 1 N–H and O–H groups in total. The number of rotatable bonds is 7. The number of alkyl halides is 3. The van der Waals surface area contributed by atoms with Crippen molar-refractivity contribution >= 4 is 44.9 Å². The summed E-state index contributed by atoms with van der Waals surface area (Å²) in [5.74, 6) is -3.21. The van der Waals surface area contributed by atoms with E-state index in [0.717, 1.165) is 18.2 Å². The molecule has 0 radical (unpaired) electrons. The minimum Gasteiger partial charge on any atom is -0.486 e. The molecule has 0 saturated heterocycles. The van der Waals surface area contributed by atoms with Crippen LogP contribution in [-0.4, -0.2) is 32.1 Å². The Bertz CT molecular complexity index is 1590. The largest absolute Gasteiger partial charge is 0.486 e. The summed E-state index contributed by atoms with van der Waals surface area (Å²) in [6, 6.07) is 9.48. The van der Waals surface area contributed by atoms with Crippen LogP contribution in [0.4, 0.5) is 27.6 Å². The fourth-order valence-corrected chi connectivity index (χ4v) is 6.15. The number of carboxylic acid groups (broad SMARTS) is 1. The summed E-state index contributed by atoms with van der Waals surface area (Å²) in [7, 11) is -4.80. The number of nitrogens with zero attached hydrogens (tertiary/aromatic N) is 1. The molecule has 1 atom stereocenters. The molecule has 0 bridgehead atoms. The molecule has 0 fully saturated rings. The first-order valence-electron chi connectivity index (χ1n) is 11.7. The van der Waals surface area contributed by atoms with E-state index in [4.69, 9.17) is 21.4 Å². The maximum atomic E-state index is 16.0. The van der Waals surface area contributed by atoms with Gasteiger partial charge in [-0.3, -0.25) is 9.10 Å². The quantitative estimate of drug-likeness (QED) is 0.232. The first kappa shape index (κ1) is 29.3. The molecule has 0 unspecified atom stereocenters. The molecule has 0 spiro atoms. The maximum absolute atomic E-state index is 16.0. The number of carboxylic acids is 1. The summed E-state index contributed by atoms with van der Waals surface area (Å²) < 4.78 is 104. The van der Waals surface area contributed by atoms with Crippen LogP contribution in [0.5, 0.6) is 5.75 Å². The van der Waals surface area contributed by atoms with Crippen LogP contribution in [0.2, 0.25) is 5.02 Å². The van der Waals surface area contributed by atoms with E-state index in [1.54, 1.807) is 0 Å². The van der Waals surface area contributed by atoms with Crippen molar-refractivity contribution in [2.45, 2.75) is 36.9 Å². The van der Waals surface area contributed by atoms with Crippen LogP contribution in [-0.2, 0) is 21.0 Å². The second kappa shape index (κ2) is 11.1. The van der Waals surface area contributed by atoms with Crippen LogP contribution in [0.15, 0.2) is 59.5 Å². The van der Waals surface area contributed by atoms with Crippen molar-refractivity contribution in [1.82, 2.24) is 0 Å². The molecule has 3 aromatic carbocycles. The van der Waals surface area contributed by atoms with Crippen molar-refractivity contribution in [2.75, 3.05) is 10.8 Å². The summed E-state index contributed by atoms with van der Waals surface area (Å²) in [4.78, 5) is 10.3. The Hall–Kier alpha value is -3.64. The van der Waals surface area contributed by atoms with Gasteiger partial charge in [-0.25, -0.2) is 17.2 Å². The smallest absolute Gasteiger partial charge is 0.416 e. The predicted octanol–water partition coefficient (Wildman–Crippen LogP) is 7.02. The van der Waals surface area contributed by atoms with Gasteiger partial charge in [0.25, 0.3) is 10.0 Å². The van der Waals surface area contributed by atoms with Gasteiger partial charge in [-0.1, -0.05) is 23.7 Å². The predicted molar refractivity (Wildman–Crippen MR) is 139 cm³/mol. The number of benzene rings is 3. The molecule has 3 aromatic rings. The van der Waals surface area contributed by atoms with Crippen molar-refractivity contribution in [1.29, 1.82) is 0 Å². The van der Waals surface area contributed by atoms with Crippen molar-refractivity contribution in [2.24, 2.45) is 0 Å². The number of anilines is 1. The van der Waals surface area contributed by atoms with E-state index in [2.05, 4.69) is 0 Å². The van der Waals surface area contributed by atoms with Crippen LogP contribution in [0.25, 0.3) is 11.6 Å². The van der Waals surface area contributed by atoms with Crippen molar-refractivity contribution in [3.05, 3.63) is 87.9 Å². The minimum atomic E-state index is -4.84. The highest BCUT2D eigenvalue weighted by Gasteiger charge is 2.39. The Labute approximate surface area is 231 Å². The van der Waals surface area contributed by atoms with Crippen LogP contribution < -0.4 is 9.04 Å². The molecule has 0 saturated carbocycles. The SMILES string of the molecule is C/C(=C\c1ccc2c(c1F)N(S(=O)(=O)c1cccc(C(F)(F)F)c1)C[C@H](CCC(=O)O)O2)c1c(F)cccc1Cl. The first-order valence-corrected chi connectivity index (χ1v) is 13.6. The van der Waals surface area contributed by atoms with Gasteiger partial charge in [0.2, 0.25) is 0 Å². The second-order valence-corrected chi connectivity index (χ2v) is 11.2. The van der Waals surface area contributed by atoms with Gasteiger partial charge in [0, 0.05) is 17.5 Å². The summed E-state index contributed by atoms with van der Waals surface area (Å²) in [5, 5.41) is 9.11. The lowest BCUT2D eigenvalue weighted by atomic mass is 10.0. The fourth-order valence-electron chi connectivity index (χ4n) is 4.29. The Kier molecular flexibility index (Phi) is 8.13. The molecule has 13 heteroatoms. The van der Waals surface area contributed by atoms with Gasteiger partial charge < -0.3 is 9.84 Å². The molecule has 6 nitrogen and oxygen atoms in total. The molecule has 1 aliphatic heterocycles. The van der Waals surface area contributed by atoms with E-state index >= 15 is 4.39 Å². The van der Waals surface area contributed by atoms with E-state index in [1.807, 2.05) is 0 Å². The zero-order chi connectivity index (χ0) is 29.4. The Morgan fingerprint density at radius 2 is 1.85 bits per heavy atom. The average Bonchev–Trinajstić information content (AvgIpc) is 2.88. The fraction of sp³-hybridized carbons (Fsp3) is 0.222. The Balaban J connectivity index is 1.86. The Morgan fingerprint density at radius 3 is 2.50 bits per heavy atom. The van der Waals surface area contributed by atoms with E-state index in [9.17, 15) is 30.8 Å². The normalized spacial score (nSPS) is 15.9. The number of aliphatic carboxylic acids is 1. The number of sulfonamides is 1. The van der Waals surface area contributed by atoms with Crippen LogP contribution in [0.1, 0.15) is 36.5 Å². The average molecular weight is 602 g/mol. The van der Waals surface area contributed by atoms with Crippen molar-refractivity contribution in [3.63, 3.8) is 0 Å². The van der Waals surface area contributed by atoms with Crippen LogP contribution in [0.3, 0.4) is 0 Å².